The number of hydrogen-bond acceptors (Lipinski definition) is 4. The number of sulfonamides is 1. The van der Waals surface area contributed by atoms with Crippen LogP contribution in [0.3, 0.4) is 0 Å². The molecule has 0 spiro atoms. The van der Waals surface area contributed by atoms with Crippen molar-refractivity contribution in [1.82, 2.24) is 10.2 Å². The molecule has 2 atom stereocenters. The lowest BCUT2D eigenvalue weighted by Crippen LogP contribution is -2.52. The van der Waals surface area contributed by atoms with Gasteiger partial charge in [0.1, 0.15) is 18.4 Å². The predicted molar refractivity (Wildman–Crippen MR) is 157 cm³/mol. The summed E-state index contributed by atoms with van der Waals surface area (Å²) in [5.74, 6) is -1.86. The van der Waals surface area contributed by atoms with E-state index in [1.807, 2.05) is 13.8 Å². The van der Waals surface area contributed by atoms with Crippen molar-refractivity contribution in [2.75, 3.05) is 10.8 Å². The van der Waals surface area contributed by atoms with Gasteiger partial charge in [0.05, 0.1) is 15.6 Å². The number of benzene rings is 3. The molecular formula is C28H29Cl3FN3O4S. The Morgan fingerprint density at radius 2 is 1.62 bits per heavy atom. The maximum atomic E-state index is 14.0. The lowest BCUT2D eigenvalue weighted by molar-refractivity contribution is -0.139. The standard InChI is InChI=1S/C28H29Cl3FN3O4S/c1-4-18(2)33-28(37)19(3)34(16-20-10-11-21(29)14-24(20)30)27(36)17-35(22-12-13-26(32)25(31)15-22)40(38,39)23-8-6-5-7-9-23/h5-15,18-19H,4,16-17H2,1-3H3,(H,33,37)/t18-,19+/m0/s1. The van der Waals surface area contributed by atoms with Gasteiger partial charge in [-0.05, 0) is 68.3 Å². The van der Waals surface area contributed by atoms with Crippen LogP contribution in [0, 0.1) is 5.82 Å². The van der Waals surface area contributed by atoms with Gasteiger partial charge in [-0.1, -0.05) is 66.0 Å². The molecule has 2 amide bonds. The maximum Gasteiger partial charge on any atom is 0.264 e. The second-order valence-electron chi connectivity index (χ2n) is 9.17. The Morgan fingerprint density at radius 1 is 0.950 bits per heavy atom. The lowest BCUT2D eigenvalue weighted by atomic mass is 10.1. The zero-order valence-corrected chi connectivity index (χ0v) is 25.2. The predicted octanol–water partition coefficient (Wildman–Crippen LogP) is 6.31. The number of carbonyl (C=O) groups is 2. The molecule has 0 fully saturated rings. The van der Waals surface area contributed by atoms with Crippen LogP contribution in [0.2, 0.25) is 15.1 Å². The first kappa shape index (κ1) is 31.7. The quantitative estimate of drug-likeness (QED) is 0.270. The molecule has 0 aliphatic heterocycles. The van der Waals surface area contributed by atoms with Crippen LogP contribution < -0.4 is 9.62 Å². The zero-order valence-electron chi connectivity index (χ0n) is 22.1. The van der Waals surface area contributed by atoms with Crippen molar-refractivity contribution < 1.29 is 22.4 Å². The highest BCUT2D eigenvalue weighted by atomic mass is 35.5. The zero-order chi connectivity index (χ0) is 29.6. The average molecular weight is 629 g/mol. The average Bonchev–Trinajstić information content (AvgIpc) is 2.92. The fourth-order valence-corrected chi connectivity index (χ4v) is 5.84. The third-order valence-corrected chi connectivity index (χ3v) is 8.99. The fraction of sp³-hybridized carbons (Fsp3) is 0.286. The summed E-state index contributed by atoms with van der Waals surface area (Å²) in [6, 6.07) is 14.5. The van der Waals surface area contributed by atoms with Crippen molar-refractivity contribution in [3.63, 3.8) is 0 Å². The maximum absolute atomic E-state index is 14.0. The summed E-state index contributed by atoms with van der Waals surface area (Å²) in [5.41, 5.74) is 0.481. The number of anilines is 1. The van der Waals surface area contributed by atoms with E-state index in [0.29, 0.717) is 17.0 Å². The molecule has 0 saturated carbocycles. The van der Waals surface area contributed by atoms with Gasteiger partial charge in [0.25, 0.3) is 10.0 Å². The molecule has 0 unspecified atom stereocenters. The second-order valence-corrected chi connectivity index (χ2v) is 12.3. The van der Waals surface area contributed by atoms with E-state index in [1.54, 1.807) is 37.3 Å². The van der Waals surface area contributed by atoms with E-state index in [2.05, 4.69) is 5.32 Å². The van der Waals surface area contributed by atoms with Gasteiger partial charge in [0.15, 0.2) is 0 Å². The first-order valence-electron chi connectivity index (χ1n) is 12.4. The molecule has 7 nitrogen and oxygen atoms in total. The molecule has 1 N–H and O–H groups in total. The van der Waals surface area contributed by atoms with Gasteiger partial charge in [-0.15, -0.1) is 0 Å². The van der Waals surface area contributed by atoms with Gasteiger partial charge in [-0.2, -0.15) is 0 Å². The molecule has 0 aliphatic rings. The summed E-state index contributed by atoms with van der Waals surface area (Å²) in [6.07, 6.45) is 0.670. The molecular weight excluding hydrogens is 600 g/mol. The third-order valence-electron chi connectivity index (χ3n) is 6.33. The number of rotatable bonds is 11. The monoisotopic (exact) mass is 627 g/mol. The highest BCUT2D eigenvalue weighted by Gasteiger charge is 2.33. The Bertz CT molecular complexity index is 1470. The molecule has 0 bridgehead atoms. The summed E-state index contributed by atoms with van der Waals surface area (Å²) in [5, 5.41) is 3.20. The number of carbonyl (C=O) groups excluding carboxylic acids is 2. The number of hydrogen-bond donors (Lipinski definition) is 1. The van der Waals surface area contributed by atoms with E-state index in [9.17, 15) is 22.4 Å². The lowest BCUT2D eigenvalue weighted by Gasteiger charge is -2.32. The fourth-order valence-electron chi connectivity index (χ4n) is 3.77. The molecule has 0 heterocycles. The van der Waals surface area contributed by atoms with Crippen LogP contribution in [-0.4, -0.2) is 43.8 Å². The van der Waals surface area contributed by atoms with E-state index < -0.39 is 40.2 Å². The van der Waals surface area contributed by atoms with Crippen molar-refractivity contribution in [2.45, 2.75) is 50.7 Å². The minimum Gasteiger partial charge on any atom is -0.352 e. The second kappa shape index (κ2) is 13.7. The van der Waals surface area contributed by atoms with Gasteiger partial charge in [-0.3, -0.25) is 13.9 Å². The van der Waals surface area contributed by atoms with E-state index >= 15 is 0 Å². The van der Waals surface area contributed by atoms with Crippen LogP contribution in [0.4, 0.5) is 10.1 Å². The number of amides is 2. The molecule has 40 heavy (non-hydrogen) atoms. The summed E-state index contributed by atoms with van der Waals surface area (Å²) >= 11 is 18.4. The van der Waals surface area contributed by atoms with Crippen molar-refractivity contribution in [1.29, 1.82) is 0 Å². The highest BCUT2D eigenvalue weighted by molar-refractivity contribution is 7.92. The molecule has 3 rings (SSSR count). The van der Waals surface area contributed by atoms with Crippen LogP contribution in [0.5, 0.6) is 0 Å². The molecule has 12 heteroatoms. The van der Waals surface area contributed by atoms with Gasteiger partial charge in [0.2, 0.25) is 11.8 Å². The largest absolute Gasteiger partial charge is 0.352 e. The minimum atomic E-state index is -4.31. The Morgan fingerprint density at radius 3 is 2.23 bits per heavy atom. The number of nitrogens with zero attached hydrogens (tertiary/aromatic N) is 2. The van der Waals surface area contributed by atoms with E-state index in [4.69, 9.17) is 34.8 Å². The SMILES string of the molecule is CC[C@H](C)NC(=O)[C@@H](C)N(Cc1ccc(Cl)cc1Cl)C(=O)CN(c1ccc(F)c(Cl)c1)S(=O)(=O)c1ccccc1. The van der Waals surface area contributed by atoms with Crippen molar-refractivity contribution in [3.8, 4) is 0 Å². The Kier molecular flexibility index (Phi) is 10.8. The van der Waals surface area contributed by atoms with Gasteiger partial charge < -0.3 is 10.2 Å². The van der Waals surface area contributed by atoms with Crippen LogP contribution in [0.15, 0.2) is 71.6 Å². The summed E-state index contributed by atoms with van der Waals surface area (Å²) in [4.78, 5) is 28.2. The van der Waals surface area contributed by atoms with E-state index in [1.165, 1.54) is 29.2 Å². The summed E-state index contributed by atoms with van der Waals surface area (Å²) in [7, 11) is -4.31. The molecule has 214 valence electrons. The molecule has 3 aromatic carbocycles. The van der Waals surface area contributed by atoms with Crippen molar-refractivity contribution >= 4 is 62.3 Å². The Labute approximate surface area is 248 Å². The normalized spacial score (nSPS) is 12.9. The summed E-state index contributed by atoms with van der Waals surface area (Å²) < 4.78 is 42.3. The first-order chi connectivity index (χ1) is 18.8. The van der Waals surface area contributed by atoms with Gasteiger partial charge in [0, 0.05) is 22.6 Å². The van der Waals surface area contributed by atoms with Crippen molar-refractivity contribution in [3.05, 3.63) is 93.2 Å². The first-order valence-corrected chi connectivity index (χ1v) is 15.0. The number of nitrogens with one attached hydrogen (secondary N) is 1. The molecule has 0 aromatic heterocycles. The van der Waals surface area contributed by atoms with Gasteiger partial charge >= 0.3 is 0 Å². The van der Waals surface area contributed by atoms with Crippen LogP contribution in [0.25, 0.3) is 0 Å². The van der Waals surface area contributed by atoms with Crippen LogP contribution >= 0.6 is 34.8 Å². The third kappa shape index (κ3) is 7.66. The Balaban J connectivity index is 2.06. The molecule has 0 saturated heterocycles. The topological polar surface area (TPSA) is 86.8 Å². The molecule has 0 radical (unpaired) electrons. The van der Waals surface area contributed by atoms with Crippen molar-refractivity contribution in [2.24, 2.45) is 0 Å². The number of halogens is 4. The van der Waals surface area contributed by atoms with E-state index in [-0.39, 0.29) is 33.2 Å². The molecule has 0 aliphatic carbocycles. The Hall–Kier alpha value is -2.85. The highest BCUT2D eigenvalue weighted by Crippen LogP contribution is 2.29. The van der Waals surface area contributed by atoms with E-state index in [0.717, 1.165) is 16.4 Å². The van der Waals surface area contributed by atoms with Gasteiger partial charge in [-0.25, -0.2) is 12.8 Å². The molecule has 3 aromatic rings. The van der Waals surface area contributed by atoms with Crippen LogP contribution in [-0.2, 0) is 26.2 Å². The minimum absolute atomic E-state index is 0.0233. The van der Waals surface area contributed by atoms with Crippen LogP contribution in [0.1, 0.15) is 32.8 Å². The summed E-state index contributed by atoms with van der Waals surface area (Å²) in [6.45, 7) is 4.48. The smallest absolute Gasteiger partial charge is 0.264 e.